The van der Waals surface area contributed by atoms with Crippen LogP contribution in [-0.4, -0.2) is 37.6 Å². The first kappa shape index (κ1) is 24.2. The number of nitrogens with zero attached hydrogens (tertiary/aromatic N) is 1. The molecular weight excluding hydrogens is 450 g/mol. The van der Waals surface area contributed by atoms with Gasteiger partial charge in [-0.25, -0.2) is 8.42 Å². The van der Waals surface area contributed by atoms with Crippen LogP contribution in [0.1, 0.15) is 49.9 Å². The molecule has 2 aromatic rings. The fraction of sp³-hybridized carbons (Fsp3) is 0.391. The van der Waals surface area contributed by atoms with Crippen LogP contribution in [-0.2, 0) is 14.8 Å². The van der Waals surface area contributed by atoms with Gasteiger partial charge in [-0.15, -0.1) is 0 Å². The van der Waals surface area contributed by atoms with Crippen molar-refractivity contribution in [1.29, 1.82) is 0 Å². The highest BCUT2D eigenvalue weighted by Crippen LogP contribution is 2.28. The van der Waals surface area contributed by atoms with Gasteiger partial charge in [0.25, 0.3) is 5.91 Å². The van der Waals surface area contributed by atoms with E-state index in [1.54, 1.807) is 38.1 Å². The van der Waals surface area contributed by atoms with Crippen LogP contribution in [0.2, 0.25) is 5.02 Å². The maximum atomic E-state index is 13.2. The quantitative estimate of drug-likeness (QED) is 0.627. The van der Waals surface area contributed by atoms with Crippen LogP contribution in [0.5, 0.6) is 0 Å². The Bertz CT molecular complexity index is 1090. The molecule has 0 spiro atoms. The number of rotatable bonds is 6. The second kappa shape index (κ2) is 10.5. The summed E-state index contributed by atoms with van der Waals surface area (Å²) in [6, 6.07) is 11.0. The van der Waals surface area contributed by atoms with Crippen LogP contribution in [0.4, 0.5) is 11.4 Å². The molecular formula is C23H28ClN3O4S. The summed E-state index contributed by atoms with van der Waals surface area (Å²) >= 11 is 6.22. The van der Waals surface area contributed by atoms with E-state index < -0.39 is 15.9 Å². The maximum Gasteiger partial charge on any atom is 0.255 e. The average molecular weight is 478 g/mol. The second-order valence-corrected chi connectivity index (χ2v) is 10.5. The number of amides is 2. The highest BCUT2D eigenvalue weighted by Gasteiger charge is 2.28. The summed E-state index contributed by atoms with van der Waals surface area (Å²) in [4.78, 5) is 24.7. The van der Waals surface area contributed by atoms with Crippen molar-refractivity contribution in [2.75, 3.05) is 23.7 Å². The molecule has 0 atom stereocenters. The number of anilines is 2. The largest absolute Gasteiger partial charge is 0.326 e. The minimum atomic E-state index is -3.80. The number of carbonyl (C=O) groups excluding carboxylic acids is 2. The molecule has 0 radical (unpaired) electrons. The molecule has 2 N–H and O–H groups in total. The van der Waals surface area contributed by atoms with Gasteiger partial charge in [0.1, 0.15) is 4.90 Å². The Morgan fingerprint density at radius 2 is 1.56 bits per heavy atom. The van der Waals surface area contributed by atoms with Gasteiger partial charge in [0.2, 0.25) is 15.9 Å². The first-order chi connectivity index (χ1) is 15.2. The summed E-state index contributed by atoms with van der Waals surface area (Å²) in [6.45, 7) is 4.48. The topological polar surface area (TPSA) is 95.6 Å². The highest BCUT2D eigenvalue weighted by atomic mass is 35.5. The molecule has 172 valence electrons. The van der Waals surface area contributed by atoms with Gasteiger partial charge in [0, 0.05) is 35.9 Å². The van der Waals surface area contributed by atoms with E-state index in [4.69, 9.17) is 11.6 Å². The van der Waals surface area contributed by atoms with Crippen molar-refractivity contribution in [1.82, 2.24) is 4.31 Å². The van der Waals surface area contributed by atoms with E-state index in [-0.39, 0.29) is 27.3 Å². The van der Waals surface area contributed by atoms with Gasteiger partial charge in [-0.1, -0.05) is 44.4 Å². The van der Waals surface area contributed by atoms with E-state index in [0.717, 1.165) is 25.7 Å². The Labute approximate surface area is 194 Å². The zero-order valence-corrected chi connectivity index (χ0v) is 19.8. The third-order valence-corrected chi connectivity index (χ3v) is 7.67. The van der Waals surface area contributed by atoms with Crippen LogP contribution in [0, 0.1) is 5.92 Å². The van der Waals surface area contributed by atoms with Gasteiger partial charge in [0.15, 0.2) is 0 Å². The Morgan fingerprint density at radius 3 is 2.19 bits per heavy atom. The van der Waals surface area contributed by atoms with Gasteiger partial charge in [0.05, 0.1) is 5.02 Å². The minimum absolute atomic E-state index is 0.0633. The lowest BCUT2D eigenvalue weighted by molar-refractivity contribution is -0.118. The summed E-state index contributed by atoms with van der Waals surface area (Å²) in [5.41, 5.74) is 1.21. The normalized spacial score (nSPS) is 15.2. The predicted octanol–water partition coefficient (Wildman–Crippen LogP) is 4.75. The molecule has 9 heteroatoms. The van der Waals surface area contributed by atoms with Crippen molar-refractivity contribution in [3.8, 4) is 0 Å². The Morgan fingerprint density at radius 1 is 0.938 bits per heavy atom. The van der Waals surface area contributed by atoms with E-state index in [1.807, 2.05) is 0 Å². The lowest BCUT2D eigenvalue weighted by Gasteiger charge is -2.21. The molecule has 2 aromatic carbocycles. The SMILES string of the molecule is CC(C)C(=O)Nc1cccc(NC(=O)c2ccc(Cl)c(S(=O)(=O)N3CCCCCC3)c2)c1. The monoisotopic (exact) mass is 477 g/mol. The molecule has 2 amide bonds. The highest BCUT2D eigenvalue weighted by molar-refractivity contribution is 7.89. The lowest BCUT2D eigenvalue weighted by atomic mass is 10.2. The fourth-order valence-electron chi connectivity index (χ4n) is 3.43. The number of hydrogen-bond donors (Lipinski definition) is 2. The van der Waals surface area contributed by atoms with Crippen molar-refractivity contribution in [2.24, 2.45) is 5.92 Å². The molecule has 0 saturated carbocycles. The summed E-state index contributed by atoms with van der Waals surface area (Å²) < 4.78 is 27.8. The van der Waals surface area contributed by atoms with Gasteiger partial charge in [-0.2, -0.15) is 4.31 Å². The van der Waals surface area contributed by atoms with Crippen molar-refractivity contribution in [2.45, 2.75) is 44.4 Å². The van der Waals surface area contributed by atoms with E-state index in [1.165, 1.54) is 22.5 Å². The van der Waals surface area contributed by atoms with E-state index >= 15 is 0 Å². The van der Waals surface area contributed by atoms with Gasteiger partial charge in [-0.3, -0.25) is 9.59 Å². The molecule has 1 saturated heterocycles. The van der Waals surface area contributed by atoms with Gasteiger partial charge in [-0.05, 0) is 49.2 Å². The molecule has 1 aliphatic rings. The standard InChI is InChI=1S/C23H28ClN3O4S/c1-16(2)22(28)25-18-8-7-9-19(15-18)26-23(29)17-10-11-20(24)21(14-17)32(30,31)27-12-5-3-4-6-13-27/h7-11,14-16H,3-6,12-13H2,1-2H3,(H,25,28)(H,26,29). The van der Waals surface area contributed by atoms with Crippen LogP contribution in [0.3, 0.4) is 0 Å². The zero-order valence-electron chi connectivity index (χ0n) is 18.2. The predicted molar refractivity (Wildman–Crippen MR) is 127 cm³/mol. The molecule has 3 rings (SSSR count). The molecule has 32 heavy (non-hydrogen) atoms. The molecule has 7 nitrogen and oxygen atoms in total. The molecule has 1 aliphatic heterocycles. The first-order valence-corrected chi connectivity index (χ1v) is 12.5. The van der Waals surface area contributed by atoms with Crippen LogP contribution >= 0.6 is 11.6 Å². The van der Waals surface area contributed by atoms with Crippen LogP contribution in [0.15, 0.2) is 47.4 Å². The number of halogens is 1. The molecule has 0 aromatic heterocycles. The average Bonchev–Trinajstić information content (AvgIpc) is 3.04. The summed E-state index contributed by atoms with van der Waals surface area (Å²) in [5, 5.41) is 5.61. The summed E-state index contributed by atoms with van der Waals surface area (Å²) in [6.07, 6.45) is 3.61. The van der Waals surface area contributed by atoms with Crippen LogP contribution in [0.25, 0.3) is 0 Å². The van der Waals surface area contributed by atoms with Crippen molar-refractivity contribution in [3.05, 3.63) is 53.1 Å². The molecule has 1 fully saturated rings. The van der Waals surface area contributed by atoms with Crippen molar-refractivity contribution >= 4 is 44.8 Å². The second-order valence-electron chi connectivity index (χ2n) is 8.14. The Hall–Kier alpha value is -2.42. The van der Waals surface area contributed by atoms with Gasteiger partial charge >= 0.3 is 0 Å². The molecule has 0 aliphatic carbocycles. The van der Waals surface area contributed by atoms with Crippen molar-refractivity contribution in [3.63, 3.8) is 0 Å². The fourth-order valence-corrected chi connectivity index (χ4v) is 5.45. The lowest BCUT2D eigenvalue weighted by Crippen LogP contribution is -2.32. The van der Waals surface area contributed by atoms with Crippen LogP contribution < -0.4 is 10.6 Å². The summed E-state index contributed by atoms with van der Waals surface area (Å²) in [7, 11) is -3.80. The summed E-state index contributed by atoms with van der Waals surface area (Å²) in [5.74, 6) is -0.775. The number of sulfonamides is 1. The number of hydrogen-bond acceptors (Lipinski definition) is 4. The Kier molecular flexibility index (Phi) is 7.92. The smallest absolute Gasteiger partial charge is 0.255 e. The number of nitrogens with one attached hydrogen (secondary N) is 2. The van der Waals surface area contributed by atoms with Gasteiger partial charge < -0.3 is 10.6 Å². The number of carbonyl (C=O) groups is 2. The van der Waals surface area contributed by atoms with E-state index in [2.05, 4.69) is 10.6 Å². The third-order valence-electron chi connectivity index (χ3n) is 5.29. The zero-order chi connectivity index (χ0) is 23.3. The Balaban J connectivity index is 1.80. The molecule has 0 bridgehead atoms. The van der Waals surface area contributed by atoms with E-state index in [9.17, 15) is 18.0 Å². The molecule has 1 heterocycles. The third kappa shape index (κ3) is 5.88. The number of benzene rings is 2. The van der Waals surface area contributed by atoms with Crippen molar-refractivity contribution < 1.29 is 18.0 Å². The molecule has 0 unspecified atom stereocenters. The maximum absolute atomic E-state index is 13.2. The first-order valence-electron chi connectivity index (χ1n) is 10.7. The van der Waals surface area contributed by atoms with E-state index in [0.29, 0.717) is 24.5 Å². The minimum Gasteiger partial charge on any atom is -0.326 e.